The molecular weight excluding hydrogens is 296 g/mol. The average Bonchev–Trinajstić information content (AvgIpc) is 3.19. The second-order valence-corrected chi connectivity index (χ2v) is 5.78. The molecule has 23 heavy (non-hydrogen) atoms. The number of amides is 1. The third-order valence-electron chi connectivity index (χ3n) is 4.07. The van der Waals surface area contributed by atoms with E-state index in [4.69, 9.17) is 0 Å². The number of non-ortho nitro benzene ring substituents is 1. The number of carbonyl (C=O) groups is 1. The highest BCUT2D eigenvalue weighted by molar-refractivity contribution is 5.76. The number of nitro groups is 1. The van der Waals surface area contributed by atoms with Crippen LogP contribution in [0.3, 0.4) is 0 Å². The first-order valence-electron chi connectivity index (χ1n) is 7.68. The Kier molecular flexibility index (Phi) is 4.36. The Morgan fingerprint density at radius 3 is 2.61 bits per heavy atom. The van der Waals surface area contributed by atoms with Crippen molar-refractivity contribution in [3.8, 4) is 11.1 Å². The molecule has 0 aliphatic heterocycles. The summed E-state index contributed by atoms with van der Waals surface area (Å²) in [4.78, 5) is 22.2. The first kappa shape index (κ1) is 15.2. The Bertz CT molecular complexity index is 702. The van der Waals surface area contributed by atoms with Gasteiger partial charge >= 0.3 is 0 Å². The number of nitro benzene ring substituents is 1. The molecule has 0 saturated heterocycles. The van der Waals surface area contributed by atoms with E-state index in [1.165, 1.54) is 25.0 Å². The van der Waals surface area contributed by atoms with E-state index in [9.17, 15) is 14.9 Å². The summed E-state index contributed by atoms with van der Waals surface area (Å²) in [6.45, 7) is 0.184. The smallest absolute Gasteiger partial charge is 0.269 e. The predicted molar refractivity (Wildman–Crippen MR) is 84.7 cm³/mol. The van der Waals surface area contributed by atoms with Crippen LogP contribution in [0, 0.1) is 10.1 Å². The van der Waals surface area contributed by atoms with Gasteiger partial charge in [0.25, 0.3) is 5.69 Å². The van der Waals surface area contributed by atoms with Crippen LogP contribution < -0.4 is 5.32 Å². The van der Waals surface area contributed by atoms with Crippen molar-refractivity contribution in [1.82, 2.24) is 15.1 Å². The van der Waals surface area contributed by atoms with Gasteiger partial charge in [-0.2, -0.15) is 5.10 Å². The standard InChI is InChI=1S/C16H18N4O3/c21-16(18-14-3-1-2-4-14)11-19-10-13(9-17-19)12-5-7-15(8-6-12)20(22)23/h5-10,14H,1-4,11H2,(H,18,21). The monoisotopic (exact) mass is 314 g/mol. The van der Waals surface area contributed by atoms with E-state index in [1.807, 2.05) is 0 Å². The van der Waals surface area contributed by atoms with Gasteiger partial charge in [0.1, 0.15) is 6.54 Å². The molecule has 0 bridgehead atoms. The van der Waals surface area contributed by atoms with Crippen molar-refractivity contribution < 1.29 is 9.72 Å². The average molecular weight is 314 g/mol. The molecule has 120 valence electrons. The molecule has 1 heterocycles. The molecule has 1 saturated carbocycles. The van der Waals surface area contributed by atoms with E-state index in [0.29, 0.717) is 6.04 Å². The number of carbonyl (C=O) groups excluding carboxylic acids is 1. The van der Waals surface area contributed by atoms with Crippen LogP contribution in [-0.4, -0.2) is 26.7 Å². The fourth-order valence-electron chi connectivity index (χ4n) is 2.87. The summed E-state index contributed by atoms with van der Waals surface area (Å²) < 4.78 is 1.58. The Hall–Kier alpha value is -2.70. The molecular formula is C16H18N4O3. The minimum atomic E-state index is -0.430. The molecule has 0 unspecified atom stereocenters. The molecule has 0 atom stereocenters. The number of benzene rings is 1. The molecule has 2 aromatic rings. The normalized spacial score (nSPS) is 14.8. The molecule has 3 rings (SSSR count). The predicted octanol–water partition coefficient (Wildman–Crippen LogP) is 2.52. The van der Waals surface area contributed by atoms with Gasteiger partial charge in [-0.25, -0.2) is 0 Å². The summed E-state index contributed by atoms with van der Waals surface area (Å²) >= 11 is 0. The highest BCUT2D eigenvalue weighted by Gasteiger charge is 2.17. The minimum absolute atomic E-state index is 0.0322. The SMILES string of the molecule is O=C(Cn1cc(-c2ccc([N+](=O)[O-])cc2)cn1)NC1CCCC1. The lowest BCUT2D eigenvalue weighted by Crippen LogP contribution is -2.35. The van der Waals surface area contributed by atoms with Crippen molar-refractivity contribution in [1.29, 1.82) is 0 Å². The summed E-state index contributed by atoms with van der Waals surface area (Å²) in [5, 5.41) is 17.9. The van der Waals surface area contributed by atoms with Crippen LogP contribution in [0.2, 0.25) is 0 Å². The van der Waals surface area contributed by atoms with Gasteiger partial charge < -0.3 is 5.32 Å². The van der Waals surface area contributed by atoms with E-state index in [1.54, 1.807) is 29.2 Å². The number of aromatic nitrogens is 2. The summed E-state index contributed by atoms with van der Waals surface area (Å²) in [6.07, 6.45) is 7.89. The third kappa shape index (κ3) is 3.74. The molecule has 7 heteroatoms. The van der Waals surface area contributed by atoms with Gasteiger partial charge in [-0.15, -0.1) is 0 Å². The number of rotatable bonds is 5. The first-order valence-corrected chi connectivity index (χ1v) is 7.68. The van der Waals surface area contributed by atoms with Crippen molar-refractivity contribution in [3.05, 3.63) is 46.8 Å². The lowest BCUT2D eigenvalue weighted by Gasteiger charge is -2.11. The maximum absolute atomic E-state index is 12.0. The maximum atomic E-state index is 12.0. The molecule has 1 aromatic carbocycles. The first-order chi connectivity index (χ1) is 11.1. The molecule has 1 aliphatic carbocycles. The number of hydrogen-bond donors (Lipinski definition) is 1. The lowest BCUT2D eigenvalue weighted by molar-refractivity contribution is -0.384. The Morgan fingerprint density at radius 1 is 1.26 bits per heavy atom. The summed E-state index contributed by atoms with van der Waals surface area (Å²) in [6, 6.07) is 6.57. The van der Waals surface area contributed by atoms with Crippen LogP contribution in [0.4, 0.5) is 5.69 Å². The Morgan fingerprint density at radius 2 is 1.96 bits per heavy atom. The second kappa shape index (κ2) is 6.60. The molecule has 1 fully saturated rings. The van der Waals surface area contributed by atoms with E-state index in [2.05, 4.69) is 10.4 Å². The van der Waals surface area contributed by atoms with Gasteiger partial charge in [0, 0.05) is 29.9 Å². The van der Waals surface area contributed by atoms with Crippen LogP contribution >= 0.6 is 0 Å². The van der Waals surface area contributed by atoms with Crippen LogP contribution in [0.25, 0.3) is 11.1 Å². The van der Waals surface area contributed by atoms with Gasteiger partial charge in [-0.1, -0.05) is 12.8 Å². The largest absolute Gasteiger partial charge is 0.352 e. The second-order valence-electron chi connectivity index (χ2n) is 5.78. The van der Waals surface area contributed by atoms with Crippen molar-refractivity contribution >= 4 is 11.6 Å². The van der Waals surface area contributed by atoms with Gasteiger partial charge in [0.05, 0.1) is 11.1 Å². The zero-order valence-corrected chi connectivity index (χ0v) is 12.6. The summed E-state index contributed by atoms with van der Waals surface area (Å²) in [7, 11) is 0. The van der Waals surface area contributed by atoms with Gasteiger partial charge in [0.15, 0.2) is 0 Å². The molecule has 7 nitrogen and oxygen atoms in total. The zero-order valence-electron chi connectivity index (χ0n) is 12.6. The van der Waals surface area contributed by atoms with Gasteiger partial charge in [0.2, 0.25) is 5.91 Å². The van der Waals surface area contributed by atoms with Gasteiger partial charge in [-0.3, -0.25) is 19.6 Å². The molecule has 1 amide bonds. The minimum Gasteiger partial charge on any atom is -0.352 e. The Labute approximate surface area is 133 Å². The van der Waals surface area contributed by atoms with Crippen LogP contribution in [0.5, 0.6) is 0 Å². The maximum Gasteiger partial charge on any atom is 0.269 e. The van der Waals surface area contributed by atoms with Crippen molar-refractivity contribution in [2.45, 2.75) is 38.3 Å². The number of hydrogen-bond acceptors (Lipinski definition) is 4. The number of nitrogens with zero attached hydrogens (tertiary/aromatic N) is 3. The molecule has 0 spiro atoms. The zero-order chi connectivity index (χ0) is 16.2. The van der Waals surface area contributed by atoms with E-state index in [0.717, 1.165) is 24.0 Å². The van der Waals surface area contributed by atoms with Crippen LogP contribution in [-0.2, 0) is 11.3 Å². The van der Waals surface area contributed by atoms with Crippen LogP contribution in [0.15, 0.2) is 36.7 Å². The highest BCUT2D eigenvalue weighted by atomic mass is 16.6. The molecule has 1 aliphatic rings. The summed E-state index contributed by atoms with van der Waals surface area (Å²) in [5.41, 5.74) is 1.71. The lowest BCUT2D eigenvalue weighted by atomic mass is 10.1. The van der Waals surface area contributed by atoms with Crippen molar-refractivity contribution in [2.75, 3.05) is 0 Å². The molecule has 1 N–H and O–H groups in total. The summed E-state index contributed by atoms with van der Waals surface area (Å²) in [5.74, 6) is -0.0322. The van der Waals surface area contributed by atoms with Crippen LogP contribution in [0.1, 0.15) is 25.7 Å². The van der Waals surface area contributed by atoms with E-state index >= 15 is 0 Å². The Balaban J connectivity index is 1.63. The fourth-order valence-corrected chi connectivity index (χ4v) is 2.87. The van der Waals surface area contributed by atoms with Crippen molar-refractivity contribution in [3.63, 3.8) is 0 Å². The van der Waals surface area contributed by atoms with E-state index in [-0.39, 0.29) is 18.1 Å². The van der Waals surface area contributed by atoms with E-state index < -0.39 is 4.92 Å². The van der Waals surface area contributed by atoms with Gasteiger partial charge in [-0.05, 0) is 30.5 Å². The van der Waals surface area contributed by atoms with Crippen molar-refractivity contribution in [2.24, 2.45) is 0 Å². The quantitative estimate of drug-likeness (QED) is 0.678. The topological polar surface area (TPSA) is 90.1 Å². The number of nitrogens with one attached hydrogen (secondary N) is 1. The third-order valence-corrected chi connectivity index (χ3v) is 4.07. The molecule has 1 aromatic heterocycles. The molecule has 0 radical (unpaired) electrons. The highest BCUT2D eigenvalue weighted by Crippen LogP contribution is 2.22. The fraction of sp³-hybridized carbons (Fsp3) is 0.375.